The van der Waals surface area contributed by atoms with Crippen molar-refractivity contribution >= 4 is 39.5 Å². The number of rotatable bonds is 64. The van der Waals surface area contributed by atoms with E-state index in [2.05, 4.69) is 55.4 Å². The highest BCUT2D eigenvalue weighted by Crippen LogP contribution is 2.45. The van der Waals surface area contributed by atoms with Gasteiger partial charge in [0, 0.05) is 25.7 Å². The number of carbonyl (C=O) groups is 4. The zero-order valence-electron chi connectivity index (χ0n) is 55.9. The van der Waals surface area contributed by atoms with Gasteiger partial charge in [-0.1, -0.05) is 274 Å². The number of aliphatic hydroxyl groups excluding tert-OH is 1. The molecule has 0 aliphatic rings. The largest absolute Gasteiger partial charge is 0.472 e. The van der Waals surface area contributed by atoms with E-state index in [1.54, 1.807) is 0 Å². The Morgan fingerprint density at radius 3 is 0.721 bits per heavy atom. The number of phosphoric ester groups is 2. The molecule has 0 aliphatic heterocycles. The van der Waals surface area contributed by atoms with E-state index in [-0.39, 0.29) is 25.7 Å². The maximum atomic E-state index is 13.0. The number of carbonyl (C=O) groups excluding carboxylic acids is 4. The Labute approximate surface area is 524 Å². The van der Waals surface area contributed by atoms with Crippen LogP contribution in [0.25, 0.3) is 0 Å². The Bertz CT molecular complexity index is 1710. The molecule has 0 amide bonds. The van der Waals surface area contributed by atoms with Crippen LogP contribution in [0.4, 0.5) is 0 Å². The molecule has 2 unspecified atom stereocenters. The molecule has 0 aromatic carbocycles. The van der Waals surface area contributed by atoms with Crippen LogP contribution >= 0.6 is 15.6 Å². The van der Waals surface area contributed by atoms with E-state index in [0.29, 0.717) is 31.6 Å². The van der Waals surface area contributed by atoms with E-state index in [1.165, 1.54) is 122 Å². The molecule has 0 fully saturated rings. The minimum atomic E-state index is -4.95. The lowest BCUT2D eigenvalue weighted by Gasteiger charge is -2.21. The van der Waals surface area contributed by atoms with E-state index in [9.17, 15) is 43.2 Å². The van der Waals surface area contributed by atoms with E-state index in [4.69, 9.17) is 37.0 Å². The number of ether oxygens (including phenoxy) is 4. The number of unbranched alkanes of at least 4 members (excludes halogenated alkanes) is 30. The zero-order valence-corrected chi connectivity index (χ0v) is 57.7. The second-order valence-electron chi connectivity index (χ2n) is 26.1. The van der Waals surface area contributed by atoms with Crippen molar-refractivity contribution in [2.75, 3.05) is 39.6 Å². The summed E-state index contributed by atoms with van der Waals surface area (Å²) in [6, 6.07) is 0. The topological polar surface area (TPSA) is 237 Å². The second-order valence-corrected chi connectivity index (χ2v) is 29.0. The van der Waals surface area contributed by atoms with Crippen LogP contribution in [0, 0.1) is 23.7 Å². The Morgan fingerprint density at radius 2 is 0.488 bits per heavy atom. The molecule has 0 aromatic heterocycles. The molecular formula is C67H130O17P2. The van der Waals surface area contributed by atoms with Crippen molar-refractivity contribution < 1.29 is 80.2 Å². The fourth-order valence-electron chi connectivity index (χ4n) is 9.96. The van der Waals surface area contributed by atoms with Crippen LogP contribution in [0.5, 0.6) is 0 Å². The third-order valence-electron chi connectivity index (χ3n) is 15.3. The molecule has 0 saturated carbocycles. The molecule has 86 heavy (non-hydrogen) atoms. The van der Waals surface area contributed by atoms with Gasteiger partial charge in [-0.15, -0.1) is 0 Å². The lowest BCUT2D eigenvalue weighted by Crippen LogP contribution is -2.30. The van der Waals surface area contributed by atoms with Crippen LogP contribution in [0.2, 0.25) is 0 Å². The van der Waals surface area contributed by atoms with Gasteiger partial charge in [-0.05, 0) is 49.4 Å². The molecule has 3 N–H and O–H groups in total. The quantitative estimate of drug-likeness (QED) is 0.0222. The van der Waals surface area contributed by atoms with Gasteiger partial charge in [0.2, 0.25) is 0 Å². The smallest absolute Gasteiger partial charge is 0.462 e. The van der Waals surface area contributed by atoms with Gasteiger partial charge in [-0.3, -0.25) is 37.3 Å². The first-order valence-electron chi connectivity index (χ1n) is 34.7. The highest BCUT2D eigenvalue weighted by atomic mass is 31.2. The summed E-state index contributed by atoms with van der Waals surface area (Å²) in [5.74, 6) is 0.768. The summed E-state index contributed by atoms with van der Waals surface area (Å²) >= 11 is 0. The van der Waals surface area contributed by atoms with Gasteiger partial charge in [-0.2, -0.15) is 0 Å². The van der Waals surface area contributed by atoms with Crippen molar-refractivity contribution in [2.45, 2.75) is 343 Å². The van der Waals surface area contributed by atoms with Crippen molar-refractivity contribution in [1.82, 2.24) is 0 Å². The van der Waals surface area contributed by atoms with Crippen molar-refractivity contribution in [1.29, 1.82) is 0 Å². The minimum absolute atomic E-state index is 0.104. The van der Waals surface area contributed by atoms with Crippen LogP contribution < -0.4 is 0 Å². The number of aliphatic hydroxyl groups is 1. The number of esters is 4. The van der Waals surface area contributed by atoms with E-state index in [1.807, 2.05) is 0 Å². The number of hydrogen-bond acceptors (Lipinski definition) is 15. The maximum Gasteiger partial charge on any atom is 0.472 e. The second kappa shape index (κ2) is 57.0. The fourth-order valence-corrected chi connectivity index (χ4v) is 11.5. The van der Waals surface area contributed by atoms with Crippen LogP contribution in [0.15, 0.2) is 0 Å². The predicted molar refractivity (Wildman–Crippen MR) is 344 cm³/mol. The first-order chi connectivity index (χ1) is 41.1. The molecule has 0 bridgehead atoms. The van der Waals surface area contributed by atoms with Gasteiger partial charge >= 0.3 is 39.5 Å². The molecule has 19 heteroatoms. The van der Waals surface area contributed by atoms with Crippen LogP contribution in [0.1, 0.15) is 325 Å². The van der Waals surface area contributed by atoms with Gasteiger partial charge in [-0.25, -0.2) is 9.13 Å². The minimum Gasteiger partial charge on any atom is -0.462 e. The number of phosphoric acid groups is 2. The van der Waals surface area contributed by atoms with E-state index in [0.717, 1.165) is 114 Å². The molecular weight excluding hydrogens is 1140 g/mol. The summed E-state index contributed by atoms with van der Waals surface area (Å²) in [5, 5.41) is 10.6. The average Bonchev–Trinajstić information content (AvgIpc) is 3.63. The SMILES string of the molecule is CC(C)CCCCCCCCCCCCCC(=O)OC[C@H](COP(=O)(O)OC[C@@H](O)COP(=O)(O)OC[C@@H](COC(=O)CCCCCCCCC(C)C)OC(=O)CCCCCCCCCCCC(C)C)OC(=O)CCCCCCCCCCC(C)C. The van der Waals surface area contributed by atoms with Gasteiger partial charge in [0.05, 0.1) is 26.4 Å². The molecule has 17 nitrogen and oxygen atoms in total. The number of hydrogen-bond donors (Lipinski definition) is 3. The molecule has 0 saturated heterocycles. The molecule has 510 valence electrons. The van der Waals surface area contributed by atoms with Crippen molar-refractivity contribution in [3.63, 3.8) is 0 Å². The van der Waals surface area contributed by atoms with Crippen LogP contribution in [0.3, 0.4) is 0 Å². The Balaban J connectivity index is 5.24. The maximum absolute atomic E-state index is 13.0. The van der Waals surface area contributed by atoms with Crippen molar-refractivity contribution in [2.24, 2.45) is 23.7 Å². The summed E-state index contributed by atoms with van der Waals surface area (Å²) in [4.78, 5) is 72.3. The molecule has 5 atom stereocenters. The molecule has 0 rings (SSSR count). The Kier molecular flexibility index (Phi) is 55.7. The standard InChI is InChI=1S/C67H130O17P2/c1-57(2)43-35-27-19-13-10-9-11-15-22-31-39-47-64(69)77-53-62(84-67(72)50-42-34-24-18-17-21-29-37-45-59(5)6)55-81-85(73,74)79-51-61(68)52-80-86(75,76)82-56-63(54-78-65(70)48-40-32-26-25-30-38-46-60(7)8)83-66(71)49-41-33-23-16-12-14-20-28-36-44-58(3)4/h57-63,68H,9-56H2,1-8H3,(H,73,74)(H,75,76)/t61-,62-,63-/m1/s1. The van der Waals surface area contributed by atoms with Crippen LogP contribution in [-0.4, -0.2) is 96.7 Å². The van der Waals surface area contributed by atoms with Crippen molar-refractivity contribution in [3.05, 3.63) is 0 Å². The highest BCUT2D eigenvalue weighted by molar-refractivity contribution is 7.47. The lowest BCUT2D eigenvalue weighted by atomic mass is 10.0. The summed E-state index contributed by atoms with van der Waals surface area (Å²) in [6.07, 6.45) is 37.8. The monoisotopic (exact) mass is 1270 g/mol. The van der Waals surface area contributed by atoms with Gasteiger partial charge in [0.25, 0.3) is 0 Å². The average molecular weight is 1270 g/mol. The van der Waals surface area contributed by atoms with E-state index < -0.39 is 97.5 Å². The van der Waals surface area contributed by atoms with E-state index >= 15 is 0 Å². The molecule has 0 spiro atoms. The normalized spacial score (nSPS) is 14.4. The first-order valence-corrected chi connectivity index (χ1v) is 37.7. The molecule has 0 aromatic rings. The van der Waals surface area contributed by atoms with Crippen molar-refractivity contribution in [3.8, 4) is 0 Å². The highest BCUT2D eigenvalue weighted by Gasteiger charge is 2.30. The lowest BCUT2D eigenvalue weighted by molar-refractivity contribution is -0.161. The molecule has 0 aliphatic carbocycles. The predicted octanol–water partition coefficient (Wildman–Crippen LogP) is 18.5. The van der Waals surface area contributed by atoms with Crippen LogP contribution in [-0.2, 0) is 65.4 Å². The zero-order chi connectivity index (χ0) is 63.9. The molecule has 0 heterocycles. The van der Waals surface area contributed by atoms with Gasteiger partial charge in [0.15, 0.2) is 12.2 Å². The summed E-state index contributed by atoms with van der Waals surface area (Å²) in [6.45, 7) is 14.0. The Morgan fingerprint density at radius 1 is 0.291 bits per heavy atom. The summed E-state index contributed by atoms with van der Waals surface area (Å²) in [5.41, 5.74) is 0. The third-order valence-corrected chi connectivity index (χ3v) is 17.2. The summed E-state index contributed by atoms with van der Waals surface area (Å²) < 4.78 is 68.1. The third kappa shape index (κ3) is 60.9. The van der Waals surface area contributed by atoms with Gasteiger partial charge in [0.1, 0.15) is 19.3 Å². The fraction of sp³-hybridized carbons (Fsp3) is 0.940. The summed E-state index contributed by atoms with van der Waals surface area (Å²) in [7, 11) is -9.90. The first kappa shape index (κ1) is 84.1. The van der Waals surface area contributed by atoms with Gasteiger partial charge < -0.3 is 33.8 Å². The molecule has 0 radical (unpaired) electrons. The Hall–Kier alpha value is -1.94.